The van der Waals surface area contributed by atoms with Crippen molar-refractivity contribution in [2.45, 2.75) is 19.1 Å². The van der Waals surface area contributed by atoms with Crippen LogP contribution in [0.1, 0.15) is 18.1 Å². The van der Waals surface area contributed by atoms with Crippen LogP contribution in [-0.2, 0) is 9.85 Å². The largest absolute Gasteiger partial charge is 0.460 e. The second kappa shape index (κ2) is 9.29. The zero-order valence-electron chi connectivity index (χ0n) is 18.0. The van der Waals surface area contributed by atoms with Crippen LogP contribution in [0.25, 0.3) is 0 Å². The van der Waals surface area contributed by atoms with E-state index in [-0.39, 0.29) is 0 Å². The highest BCUT2D eigenvalue weighted by Gasteiger charge is 2.52. The third kappa shape index (κ3) is 4.68. The predicted molar refractivity (Wildman–Crippen MR) is 128 cm³/mol. The number of hydrogen-bond acceptors (Lipinski definition) is 5. The lowest BCUT2D eigenvalue weighted by Crippen LogP contribution is -2.36. The van der Waals surface area contributed by atoms with Crippen molar-refractivity contribution in [3.05, 3.63) is 121 Å². The Kier molecular flexibility index (Phi) is 6.29. The molecule has 1 unspecified atom stereocenters. The monoisotopic (exact) mass is 444 g/mol. The molecule has 0 saturated carbocycles. The van der Waals surface area contributed by atoms with Gasteiger partial charge in [0.2, 0.25) is 0 Å². The molecule has 6 heteroatoms. The van der Waals surface area contributed by atoms with Crippen molar-refractivity contribution in [3.8, 4) is 11.5 Å². The molecule has 0 aliphatic rings. The van der Waals surface area contributed by atoms with Gasteiger partial charge in [0, 0.05) is 23.6 Å². The molecular formula is C26H25N2O3P. The molecule has 4 aromatic rings. The molecular weight excluding hydrogens is 419 g/mol. The summed E-state index contributed by atoms with van der Waals surface area (Å²) in [5.41, 5.74) is 2.59. The van der Waals surface area contributed by atoms with E-state index in [1.54, 1.807) is 42.7 Å². The second-order valence-corrected chi connectivity index (χ2v) is 9.87. The summed E-state index contributed by atoms with van der Waals surface area (Å²) in [6, 6.07) is 29.7. The number of anilines is 1. The molecule has 0 spiro atoms. The van der Waals surface area contributed by atoms with E-state index >= 15 is 0 Å². The second-order valence-electron chi connectivity index (χ2n) is 7.61. The first-order valence-electron chi connectivity index (χ1n) is 10.3. The molecule has 1 N–H and O–H groups in total. The molecule has 3 aromatic carbocycles. The van der Waals surface area contributed by atoms with Gasteiger partial charge in [-0.05, 0) is 56.3 Å². The summed E-state index contributed by atoms with van der Waals surface area (Å²) in [5.74, 6) is 0.903. The maximum Gasteiger partial charge on any atom is 0.460 e. The SMILES string of the molecule is Cc1ccc(NC(C)(c2cccnc2)P(=O)(Oc2ccccc2)Oc2ccccc2)cc1. The minimum Gasteiger partial charge on any atom is -0.414 e. The van der Waals surface area contributed by atoms with Gasteiger partial charge in [0.05, 0.1) is 0 Å². The van der Waals surface area contributed by atoms with Crippen molar-refractivity contribution in [2.24, 2.45) is 0 Å². The topological polar surface area (TPSA) is 60.5 Å². The van der Waals surface area contributed by atoms with Crippen molar-refractivity contribution in [1.82, 2.24) is 4.98 Å². The van der Waals surface area contributed by atoms with Gasteiger partial charge in [-0.25, -0.2) is 4.57 Å². The average Bonchev–Trinajstić information content (AvgIpc) is 2.82. The minimum absolute atomic E-state index is 0.451. The number of nitrogens with one attached hydrogen (secondary N) is 1. The van der Waals surface area contributed by atoms with E-state index in [1.165, 1.54) is 0 Å². The van der Waals surface area contributed by atoms with Crippen LogP contribution >= 0.6 is 7.60 Å². The summed E-state index contributed by atoms with van der Waals surface area (Å²) >= 11 is 0. The number of aromatic nitrogens is 1. The van der Waals surface area contributed by atoms with Gasteiger partial charge in [-0.1, -0.05) is 60.2 Å². The number of aryl methyl sites for hydroxylation is 1. The average molecular weight is 444 g/mol. The summed E-state index contributed by atoms with van der Waals surface area (Å²) in [6.45, 7) is 3.84. The lowest BCUT2D eigenvalue weighted by Gasteiger charge is -2.37. The third-order valence-electron chi connectivity index (χ3n) is 5.15. The van der Waals surface area contributed by atoms with Crippen LogP contribution in [0.3, 0.4) is 0 Å². The maximum absolute atomic E-state index is 14.7. The first-order valence-corrected chi connectivity index (χ1v) is 11.9. The van der Waals surface area contributed by atoms with Gasteiger partial charge < -0.3 is 14.4 Å². The van der Waals surface area contributed by atoms with E-state index in [0.29, 0.717) is 17.1 Å². The predicted octanol–water partition coefficient (Wildman–Crippen LogP) is 7.03. The molecule has 0 saturated heterocycles. The summed E-state index contributed by atoms with van der Waals surface area (Å²) in [5, 5.41) is 2.18. The molecule has 5 nitrogen and oxygen atoms in total. The Morgan fingerprint density at radius 3 is 1.84 bits per heavy atom. The number of hydrogen-bond donors (Lipinski definition) is 1. The van der Waals surface area contributed by atoms with Crippen LogP contribution in [0.5, 0.6) is 11.5 Å². The fourth-order valence-electron chi connectivity index (χ4n) is 3.31. The van der Waals surface area contributed by atoms with Crippen LogP contribution in [0.15, 0.2) is 109 Å². The molecule has 0 amide bonds. The first kappa shape index (κ1) is 21.7. The fraction of sp³-hybridized carbons (Fsp3) is 0.115. The van der Waals surface area contributed by atoms with Gasteiger partial charge in [-0.3, -0.25) is 4.98 Å². The van der Waals surface area contributed by atoms with Crippen LogP contribution < -0.4 is 14.4 Å². The highest BCUT2D eigenvalue weighted by Crippen LogP contribution is 2.63. The summed E-state index contributed by atoms with van der Waals surface area (Å²) in [4.78, 5) is 4.26. The molecule has 0 aliphatic heterocycles. The summed E-state index contributed by atoms with van der Waals surface area (Å²) < 4.78 is 27.0. The standard InChI is InChI=1S/C26H25N2O3P/c1-21-15-17-23(18-16-21)28-26(2,22-10-9-19-27-20-22)32(29,30-24-11-5-3-6-12-24)31-25-13-7-4-8-14-25/h3-20,28H,1-2H3. The zero-order chi connectivity index (χ0) is 22.4. The zero-order valence-corrected chi connectivity index (χ0v) is 18.9. The van der Waals surface area contributed by atoms with Gasteiger partial charge >= 0.3 is 7.60 Å². The Morgan fingerprint density at radius 1 is 0.781 bits per heavy atom. The van der Waals surface area contributed by atoms with Crippen molar-refractivity contribution in [3.63, 3.8) is 0 Å². The van der Waals surface area contributed by atoms with Gasteiger partial charge in [0.1, 0.15) is 11.5 Å². The van der Waals surface area contributed by atoms with Gasteiger partial charge in [-0.15, -0.1) is 0 Å². The van der Waals surface area contributed by atoms with Crippen LogP contribution in [0.4, 0.5) is 5.69 Å². The Hall–Kier alpha value is -3.56. The molecule has 162 valence electrons. The lowest BCUT2D eigenvalue weighted by molar-refractivity contribution is 0.354. The Morgan fingerprint density at radius 2 is 1.34 bits per heavy atom. The van der Waals surface area contributed by atoms with Gasteiger partial charge in [0.25, 0.3) is 0 Å². The van der Waals surface area contributed by atoms with E-state index in [4.69, 9.17) is 9.05 Å². The Balaban J connectivity index is 1.85. The van der Waals surface area contributed by atoms with Crippen LogP contribution in [0.2, 0.25) is 0 Å². The molecule has 32 heavy (non-hydrogen) atoms. The van der Waals surface area contributed by atoms with Gasteiger partial charge in [0.15, 0.2) is 5.28 Å². The highest BCUT2D eigenvalue weighted by atomic mass is 31.2. The highest BCUT2D eigenvalue weighted by molar-refractivity contribution is 7.56. The number of rotatable bonds is 8. The summed E-state index contributed by atoms with van der Waals surface area (Å²) in [6.07, 6.45) is 3.35. The third-order valence-corrected chi connectivity index (χ3v) is 7.52. The van der Waals surface area contributed by atoms with E-state index in [0.717, 1.165) is 11.3 Å². The molecule has 1 heterocycles. The quantitative estimate of drug-likeness (QED) is 0.296. The smallest absolute Gasteiger partial charge is 0.414 e. The van der Waals surface area contributed by atoms with Gasteiger partial charge in [-0.2, -0.15) is 0 Å². The lowest BCUT2D eigenvalue weighted by atomic mass is 10.1. The minimum atomic E-state index is -3.94. The van der Waals surface area contributed by atoms with Crippen LogP contribution in [-0.4, -0.2) is 4.98 Å². The Bertz CT molecular complexity index is 1140. The van der Waals surface area contributed by atoms with Crippen molar-refractivity contribution >= 4 is 13.3 Å². The molecule has 0 radical (unpaired) electrons. The molecule has 1 aromatic heterocycles. The molecule has 4 rings (SSSR count). The van der Waals surface area contributed by atoms with E-state index < -0.39 is 12.9 Å². The molecule has 0 bridgehead atoms. The molecule has 0 aliphatic carbocycles. The fourth-order valence-corrected chi connectivity index (χ4v) is 5.22. The van der Waals surface area contributed by atoms with E-state index in [2.05, 4.69) is 10.3 Å². The summed E-state index contributed by atoms with van der Waals surface area (Å²) in [7, 11) is -3.94. The number of pyridine rings is 1. The first-order chi connectivity index (χ1) is 15.5. The number of para-hydroxylation sites is 2. The van der Waals surface area contributed by atoms with Crippen molar-refractivity contribution < 1.29 is 13.6 Å². The molecule has 0 fully saturated rings. The van der Waals surface area contributed by atoms with Crippen molar-refractivity contribution in [1.29, 1.82) is 0 Å². The number of benzene rings is 3. The maximum atomic E-state index is 14.7. The number of nitrogens with zero attached hydrogens (tertiary/aromatic N) is 1. The normalized spacial score (nSPS) is 13.1. The van der Waals surface area contributed by atoms with E-state index in [1.807, 2.05) is 80.6 Å². The van der Waals surface area contributed by atoms with E-state index in [9.17, 15) is 4.57 Å². The van der Waals surface area contributed by atoms with Crippen LogP contribution in [0, 0.1) is 6.92 Å². The molecule has 1 atom stereocenters. The Labute approximate surface area is 188 Å². The van der Waals surface area contributed by atoms with Crippen molar-refractivity contribution in [2.75, 3.05) is 5.32 Å².